The fourth-order valence-electron chi connectivity index (χ4n) is 8.39. The van der Waals surface area contributed by atoms with Crippen LogP contribution in [0.2, 0.25) is 0 Å². The van der Waals surface area contributed by atoms with Gasteiger partial charge in [0.15, 0.2) is 0 Å². The number of rotatable bonds is 7. The average Bonchev–Trinajstić information content (AvgIpc) is 3.77. The minimum Gasteiger partial charge on any atom is -0.494 e. The summed E-state index contributed by atoms with van der Waals surface area (Å²) in [6.07, 6.45) is 10.1. The molecule has 50 heavy (non-hydrogen) atoms. The second-order valence-corrected chi connectivity index (χ2v) is 15.2. The van der Waals surface area contributed by atoms with Crippen LogP contribution in [0.25, 0.3) is 0 Å². The number of amides is 4. The van der Waals surface area contributed by atoms with Crippen molar-refractivity contribution in [2.45, 2.75) is 103 Å². The lowest BCUT2D eigenvalue weighted by Crippen LogP contribution is -2.55. The van der Waals surface area contributed by atoms with Crippen molar-refractivity contribution >= 4 is 23.6 Å². The van der Waals surface area contributed by atoms with E-state index in [-0.39, 0.29) is 37.1 Å². The molecule has 3 heterocycles. The van der Waals surface area contributed by atoms with Crippen molar-refractivity contribution in [3.05, 3.63) is 65.2 Å². The van der Waals surface area contributed by atoms with Crippen LogP contribution < -0.4 is 20.7 Å². The van der Waals surface area contributed by atoms with Crippen LogP contribution in [-0.2, 0) is 32.1 Å². The Balaban J connectivity index is 1.19. The number of likely N-dealkylation sites (tertiary alicyclic amines) is 1. The van der Waals surface area contributed by atoms with E-state index in [9.17, 15) is 19.2 Å². The van der Waals surface area contributed by atoms with Gasteiger partial charge in [0, 0.05) is 39.1 Å². The van der Waals surface area contributed by atoms with Crippen LogP contribution in [-0.4, -0.2) is 84.8 Å². The number of hydrogen-bond donors (Lipinski definition) is 3. The van der Waals surface area contributed by atoms with Gasteiger partial charge in [-0.15, -0.1) is 0 Å². The van der Waals surface area contributed by atoms with E-state index >= 15 is 0 Å². The third-order valence-corrected chi connectivity index (χ3v) is 11.5. The molecular formula is C40H55N5O5. The number of benzene rings is 2. The second kappa shape index (κ2) is 16.9. The Morgan fingerprint density at radius 3 is 2.62 bits per heavy atom. The SMILES string of the molecule is Cc1ccc2cc1CNC(=O)[C@H](CCc1ccccc1)NC(=O)[C@@H](NC(=O)CCN1CCC3(CCCC3)C1)CC(=O)N1CCCC(CCO2)C1. The predicted molar refractivity (Wildman–Crippen MR) is 192 cm³/mol. The molecular weight excluding hydrogens is 630 g/mol. The summed E-state index contributed by atoms with van der Waals surface area (Å²) >= 11 is 0. The van der Waals surface area contributed by atoms with Crippen molar-refractivity contribution in [1.29, 1.82) is 0 Å². The van der Waals surface area contributed by atoms with Crippen LogP contribution in [0.5, 0.6) is 5.75 Å². The highest BCUT2D eigenvalue weighted by atomic mass is 16.5. The minimum absolute atomic E-state index is 0.148. The molecule has 0 radical (unpaired) electrons. The number of nitrogens with zero attached hydrogens (tertiary/aromatic N) is 2. The van der Waals surface area contributed by atoms with Gasteiger partial charge in [-0.1, -0.05) is 49.2 Å². The molecule has 4 amide bonds. The molecule has 1 saturated carbocycles. The zero-order chi connectivity index (χ0) is 34.9. The van der Waals surface area contributed by atoms with E-state index in [2.05, 4.69) is 20.9 Å². The van der Waals surface area contributed by atoms with Gasteiger partial charge in [0.05, 0.1) is 13.0 Å². The quantitative estimate of drug-likeness (QED) is 0.401. The number of aryl methyl sites for hydroxylation is 2. The molecule has 1 unspecified atom stereocenters. The van der Waals surface area contributed by atoms with Gasteiger partial charge in [0.2, 0.25) is 23.6 Å². The molecule has 270 valence electrons. The third-order valence-electron chi connectivity index (χ3n) is 11.5. The fraction of sp³-hybridized carbons (Fsp3) is 0.600. The highest BCUT2D eigenvalue weighted by Crippen LogP contribution is 2.45. The standard InChI is InChI=1S/C40H55N5O5/c1-29-11-13-33-24-32(29)26-41-38(48)34(14-12-30-8-3-2-4-9-30)43-39(49)35(25-37(47)45-20-7-10-31(27-45)16-23-50-33)42-36(46)15-21-44-22-19-40(28-44)17-5-6-18-40/h2-4,8-9,11,13,24,31,34-35H,5-7,10,12,14-23,25-28H2,1H3,(H,41,48)(H,42,46)(H,43,49)/t31?,34-,35-/m0/s1. The second-order valence-electron chi connectivity index (χ2n) is 15.2. The Labute approximate surface area is 297 Å². The molecule has 2 saturated heterocycles. The van der Waals surface area contributed by atoms with E-state index in [0.717, 1.165) is 54.8 Å². The number of piperidine rings is 1. The summed E-state index contributed by atoms with van der Waals surface area (Å²) in [6, 6.07) is 13.8. The van der Waals surface area contributed by atoms with E-state index in [0.29, 0.717) is 50.4 Å². The molecule has 2 aromatic rings. The minimum atomic E-state index is -1.08. The van der Waals surface area contributed by atoms with Crippen molar-refractivity contribution in [3.63, 3.8) is 0 Å². The Hall–Kier alpha value is -3.92. The first-order valence-electron chi connectivity index (χ1n) is 18.9. The van der Waals surface area contributed by atoms with Gasteiger partial charge >= 0.3 is 0 Å². The maximum atomic E-state index is 14.1. The topological polar surface area (TPSA) is 120 Å². The van der Waals surface area contributed by atoms with E-state index in [1.54, 1.807) is 0 Å². The molecule has 6 rings (SSSR count). The molecule has 10 heteroatoms. The Morgan fingerprint density at radius 2 is 1.80 bits per heavy atom. The lowest BCUT2D eigenvalue weighted by molar-refractivity contribution is -0.138. The van der Waals surface area contributed by atoms with Crippen molar-refractivity contribution in [1.82, 2.24) is 25.8 Å². The Kier molecular flexibility index (Phi) is 12.1. The summed E-state index contributed by atoms with van der Waals surface area (Å²) in [4.78, 5) is 59.2. The van der Waals surface area contributed by atoms with E-state index in [1.165, 1.54) is 32.1 Å². The van der Waals surface area contributed by atoms with Crippen molar-refractivity contribution in [2.24, 2.45) is 11.3 Å². The number of ether oxygens (including phenoxy) is 1. The molecule has 1 spiro atoms. The first kappa shape index (κ1) is 35.9. The average molecular weight is 686 g/mol. The first-order valence-corrected chi connectivity index (χ1v) is 18.9. The molecule has 3 N–H and O–H groups in total. The molecule has 2 aromatic carbocycles. The van der Waals surface area contributed by atoms with Gasteiger partial charge in [0.25, 0.3) is 0 Å². The lowest BCUT2D eigenvalue weighted by Gasteiger charge is -2.34. The van der Waals surface area contributed by atoms with Gasteiger partial charge in [-0.2, -0.15) is 0 Å². The highest BCUT2D eigenvalue weighted by Gasteiger charge is 2.40. The monoisotopic (exact) mass is 685 g/mol. The zero-order valence-corrected chi connectivity index (χ0v) is 29.7. The van der Waals surface area contributed by atoms with Gasteiger partial charge in [-0.25, -0.2) is 0 Å². The Bertz CT molecular complexity index is 1490. The lowest BCUT2D eigenvalue weighted by atomic mass is 9.86. The summed E-state index contributed by atoms with van der Waals surface area (Å²) in [5, 5.41) is 8.91. The van der Waals surface area contributed by atoms with Crippen LogP contribution in [0, 0.1) is 18.3 Å². The molecule has 3 fully saturated rings. The third kappa shape index (κ3) is 9.65. The smallest absolute Gasteiger partial charge is 0.243 e. The maximum absolute atomic E-state index is 14.1. The maximum Gasteiger partial charge on any atom is 0.243 e. The predicted octanol–water partition coefficient (Wildman–Crippen LogP) is 4.28. The highest BCUT2D eigenvalue weighted by molar-refractivity contribution is 5.95. The normalized spacial score (nSPS) is 24.9. The molecule has 3 aliphatic heterocycles. The zero-order valence-electron chi connectivity index (χ0n) is 29.7. The van der Waals surface area contributed by atoms with Gasteiger partial charge in [-0.3, -0.25) is 19.2 Å². The largest absolute Gasteiger partial charge is 0.494 e. The number of hydrogen-bond acceptors (Lipinski definition) is 6. The van der Waals surface area contributed by atoms with Gasteiger partial charge in [0.1, 0.15) is 17.8 Å². The van der Waals surface area contributed by atoms with Crippen LogP contribution in [0.4, 0.5) is 0 Å². The molecule has 0 aromatic heterocycles. The first-order chi connectivity index (χ1) is 24.2. The van der Waals surface area contributed by atoms with Crippen molar-refractivity contribution in [3.8, 4) is 5.75 Å². The number of carbonyl (C=O) groups is 4. The summed E-state index contributed by atoms with van der Waals surface area (Å²) in [5.74, 6) is -0.183. The molecule has 10 nitrogen and oxygen atoms in total. The fourth-order valence-corrected chi connectivity index (χ4v) is 8.39. The summed E-state index contributed by atoms with van der Waals surface area (Å²) in [7, 11) is 0. The van der Waals surface area contributed by atoms with Crippen molar-refractivity contribution in [2.75, 3.05) is 39.3 Å². The van der Waals surface area contributed by atoms with Crippen LogP contribution in [0.1, 0.15) is 87.3 Å². The van der Waals surface area contributed by atoms with Gasteiger partial charge in [-0.05, 0) is 105 Å². The summed E-state index contributed by atoms with van der Waals surface area (Å²) in [5.41, 5.74) is 3.45. The molecule has 1 aliphatic carbocycles. The number of carbonyl (C=O) groups excluding carboxylic acids is 4. The summed E-state index contributed by atoms with van der Waals surface area (Å²) in [6.45, 7) is 6.71. The van der Waals surface area contributed by atoms with Crippen LogP contribution in [0.3, 0.4) is 0 Å². The van der Waals surface area contributed by atoms with Crippen LogP contribution >= 0.6 is 0 Å². The number of nitrogens with one attached hydrogen (secondary N) is 3. The summed E-state index contributed by atoms with van der Waals surface area (Å²) < 4.78 is 6.14. The van der Waals surface area contributed by atoms with Crippen LogP contribution in [0.15, 0.2) is 48.5 Å². The molecule has 4 aliphatic rings. The molecule has 3 atom stereocenters. The number of fused-ring (bicyclic) bond motifs is 4. The van der Waals surface area contributed by atoms with E-state index in [1.807, 2.05) is 60.4 Å². The van der Waals surface area contributed by atoms with Crippen molar-refractivity contribution < 1.29 is 23.9 Å². The van der Waals surface area contributed by atoms with E-state index < -0.39 is 18.0 Å². The van der Waals surface area contributed by atoms with Gasteiger partial charge < -0.3 is 30.5 Å². The Morgan fingerprint density at radius 1 is 0.980 bits per heavy atom. The molecule has 4 bridgehead atoms. The van der Waals surface area contributed by atoms with E-state index in [4.69, 9.17) is 4.74 Å².